The topological polar surface area (TPSA) is 79.6 Å². The third-order valence-corrected chi connectivity index (χ3v) is 5.56. The molecule has 0 spiro atoms. The van der Waals surface area contributed by atoms with E-state index in [4.69, 9.17) is 4.42 Å². The van der Waals surface area contributed by atoms with E-state index in [1.54, 1.807) is 29.2 Å². The Hall–Kier alpha value is -2.12. The average Bonchev–Trinajstić information content (AvgIpc) is 3.18. The third-order valence-electron chi connectivity index (χ3n) is 4.16. The lowest BCUT2D eigenvalue weighted by molar-refractivity contribution is -0.118. The Bertz CT molecular complexity index is 843. The molecule has 6 nitrogen and oxygen atoms in total. The van der Waals surface area contributed by atoms with Crippen molar-refractivity contribution in [3.63, 3.8) is 0 Å². The van der Waals surface area contributed by atoms with Crippen molar-refractivity contribution in [2.24, 2.45) is 0 Å². The fraction of sp³-hybridized carbons (Fsp3) is 0.353. The van der Waals surface area contributed by atoms with E-state index in [1.807, 2.05) is 13.8 Å². The number of benzene rings is 1. The van der Waals surface area contributed by atoms with Gasteiger partial charge in [0.05, 0.1) is 17.7 Å². The molecule has 0 fully saturated rings. The van der Waals surface area contributed by atoms with Crippen molar-refractivity contribution in [2.45, 2.75) is 44.2 Å². The maximum absolute atomic E-state index is 12.4. The molecule has 0 bridgehead atoms. The van der Waals surface area contributed by atoms with Crippen LogP contribution in [0.15, 0.2) is 45.9 Å². The molecule has 0 aliphatic carbocycles. The van der Waals surface area contributed by atoms with E-state index < -0.39 is 10.0 Å². The van der Waals surface area contributed by atoms with E-state index >= 15 is 0 Å². The first kappa shape index (κ1) is 16.7. The van der Waals surface area contributed by atoms with E-state index in [9.17, 15) is 13.2 Å². The number of amides is 1. The molecule has 2 aromatic rings. The Morgan fingerprint density at radius 3 is 2.83 bits per heavy atom. The first-order valence-electron chi connectivity index (χ1n) is 7.89. The van der Waals surface area contributed by atoms with Gasteiger partial charge in [0.25, 0.3) is 0 Å². The summed E-state index contributed by atoms with van der Waals surface area (Å²) in [5.74, 6) is 0.598. The second kappa shape index (κ2) is 6.41. The van der Waals surface area contributed by atoms with Gasteiger partial charge in [0.2, 0.25) is 15.9 Å². The fourth-order valence-electron chi connectivity index (χ4n) is 2.99. The highest BCUT2D eigenvalue weighted by atomic mass is 32.2. The summed E-state index contributed by atoms with van der Waals surface area (Å²) in [5, 5.41) is 0. The zero-order chi connectivity index (χ0) is 17.3. The molecule has 1 amide bonds. The summed E-state index contributed by atoms with van der Waals surface area (Å²) in [6.45, 7) is 3.89. The number of sulfonamides is 1. The molecule has 0 saturated heterocycles. The minimum absolute atomic E-state index is 0.0430. The quantitative estimate of drug-likeness (QED) is 0.900. The highest BCUT2D eigenvalue weighted by Crippen LogP contribution is 2.34. The van der Waals surface area contributed by atoms with Gasteiger partial charge in [0, 0.05) is 18.2 Å². The predicted octanol–water partition coefficient (Wildman–Crippen LogP) is 2.45. The molecule has 128 valence electrons. The Morgan fingerprint density at radius 1 is 1.38 bits per heavy atom. The van der Waals surface area contributed by atoms with Crippen LogP contribution in [0.1, 0.15) is 31.6 Å². The molecule has 24 heavy (non-hydrogen) atoms. The smallest absolute Gasteiger partial charge is 0.240 e. The first-order valence-corrected chi connectivity index (χ1v) is 9.37. The number of hydrogen-bond donors (Lipinski definition) is 1. The lowest BCUT2D eigenvalue weighted by Gasteiger charge is -2.22. The SMILES string of the molecule is CCC(=O)N1c2ccc(S(=O)(=O)NCc3ccco3)cc2C[C@@H]1C. The summed E-state index contributed by atoms with van der Waals surface area (Å²) in [4.78, 5) is 14.0. The van der Waals surface area contributed by atoms with Crippen LogP contribution < -0.4 is 9.62 Å². The Balaban J connectivity index is 1.84. The number of carbonyl (C=O) groups excluding carboxylic acids is 1. The van der Waals surface area contributed by atoms with Crippen LogP contribution in [-0.4, -0.2) is 20.4 Å². The van der Waals surface area contributed by atoms with Gasteiger partial charge in [0.15, 0.2) is 0 Å². The number of furan rings is 1. The molecule has 3 rings (SSSR count). The standard InChI is InChI=1S/C17H20N2O4S/c1-3-17(20)19-12(2)9-13-10-15(6-7-16(13)19)24(21,22)18-11-14-5-4-8-23-14/h4-8,10,12,18H,3,9,11H2,1-2H3/t12-/m0/s1. The molecular formula is C17H20N2O4S. The summed E-state index contributed by atoms with van der Waals surface area (Å²) in [6.07, 6.45) is 2.58. The average molecular weight is 348 g/mol. The number of nitrogens with one attached hydrogen (secondary N) is 1. The van der Waals surface area contributed by atoms with Crippen molar-refractivity contribution >= 4 is 21.6 Å². The molecule has 0 unspecified atom stereocenters. The van der Waals surface area contributed by atoms with Gasteiger partial charge in [-0.25, -0.2) is 13.1 Å². The van der Waals surface area contributed by atoms with Gasteiger partial charge in [-0.1, -0.05) is 6.92 Å². The van der Waals surface area contributed by atoms with Gasteiger partial charge in [-0.15, -0.1) is 0 Å². The highest BCUT2D eigenvalue weighted by molar-refractivity contribution is 7.89. The monoisotopic (exact) mass is 348 g/mol. The van der Waals surface area contributed by atoms with E-state index in [0.29, 0.717) is 18.6 Å². The van der Waals surface area contributed by atoms with Gasteiger partial charge in [-0.3, -0.25) is 4.79 Å². The van der Waals surface area contributed by atoms with E-state index in [0.717, 1.165) is 11.3 Å². The molecule has 1 aliphatic rings. The molecule has 1 aromatic carbocycles. The second-order valence-electron chi connectivity index (χ2n) is 5.86. The van der Waals surface area contributed by atoms with Crippen molar-refractivity contribution in [3.05, 3.63) is 47.9 Å². The van der Waals surface area contributed by atoms with Crippen molar-refractivity contribution in [3.8, 4) is 0 Å². The molecule has 1 atom stereocenters. The van der Waals surface area contributed by atoms with Gasteiger partial charge >= 0.3 is 0 Å². The van der Waals surface area contributed by atoms with Crippen LogP contribution in [-0.2, 0) is 27.8 Å². The fourth-order valence-corrected chi connectivity index (χ4v) is 4.03. The van der Waals surface area contributed by atoms with Crippen molar-refractivity contribution in [1.82, 2.24) is 4.72 Å². The minimum Gasteiger partial charge on any atom is -0.468 e. The van der Waals surface area contributed by atoms with E-state index in [2.05, 4.69) is 4.72 Å². The summed E-state index contributed by atoms with van der Waals surface area (Å²) in [5.41, 5.74) is 1.68. The summed E-state index contributed by atoms with van der Waals surface area (Å²) >= 11 is 0. The zero-order valence-corrected chi connectivity index (χ0v) is 14.5. The van der Waals surface area contributed by atoms with Gasteiger partial charge < -0.3 is 9.32 Å². The molecule has 7 heteroatoms. The number of nitrogens with zero attached hydrogens (tertiary/aromatic N) is 1. The number of anilines is 1. The van der Waals surface area contributed by atoms with Crippen molar-refractivity contribution < 1.29 is 17.6 Å². The first-order chi connectivity index (χ1) is 11.4. The molecule has 1 N–H and O–H groups in total. The number of rotatable bonds is 5. The van der Waals surface area contributed by atoms with Crippen LogP contribution in [0.5, 0.6) is 0 Å². The van der Waals surface area contributed by atoms with Crippen LogP contribution in [0, 0.1) is 0 Å². The molecule has 1 aliphatic heterocycles. The summed E-state index contributed by atoms with van der Waals surface area (Å²) < 4.78 is 32.6. The lowest BCUT2D eigenvalue weighted by Crippen LogP contribution is -2.35. The normalized spacial score (nSPS) is 17.1. The molecule has 0 saturated carbocycles. The predicted molar refractivity (Wildman–Crippen MR) is 90.1 cm³/mol. The van der Waals surface area contributed by atoms with Crippen LogP contribution >= 0.6 is 0 Å². The lowest BCUT2D eigenvalue weighted by atomic mass is 10.1. The number of fused-ring (bicyclic) bond motifs is 1. The van der Waals surface area contributed by atoms with E-state index in [1.165, 1.54) is 12.3 Å². The molecule has 2 heterocycles. The molecule has 0 radical (unpaired) electrons. The van der Waals surface area contributed by atoms with Crippen LogP contribution in [0.25, 0.3) is 0 Å². The van der Waals surface area contributed by atoms with E-state index in [-0.39, 0.29) is 23.4 Å². The largest absolute Gasteiger partial charge is 0.468 e. The van der Waals surface area contributed by atoms with Crippen LogP contribution in [0.3, 0.4) is 0 Å². The van der Waals surface area contributed by atoms with Crippen LogP contribution in [0.2, 0.25) is 0 Å². The Kier molecular flexibility index (Phi) is 4.47. The maximum Gasteiger partial charge on any atom is 0.240 e. The maximum atomic E-state index is 12.4. The number of hydrogen-bond acceptors (Lipinski definition) is 4. The Morgan fingerprint density at radius 2 is 2.17 bits per heavy atom. The molecular weight excluding hydrogens is 328 g/mol. The van der Waals surface area contributed by atoms with Gasteiger partial charge in [-0.2, -0.15) is 0 Å². The zero-order valence-electron chi connectivity index (χ0n) is 13.7. The minimum atomic E-state index is -3.63. The highest BCUT2D eigenvalue weighted by Gasteiger charge is 2.31. The summed E-state index contributed by atoms with van der Waals surface area (Å²) in [7, 11) is -3.63. The second-order valence-corrected chi connectivity index (χ2v) is 7.63. The Labute approximate surface area is 141 Å². The summed E-state index contributed by atoms with van der Waals surface area (Å²) in [6, 6.07) is 8.37. The van der Waals surface area contributed by atoms with Gasteiger partial charge in [-0.05, 0) is 49.2 Å². The van der Waals surface area contributed by atoms with Crippen LogP contribution in [0.4, 0.5) is 5.69 Å². The third kappa shape index (κ3) is 3.09. The van der Waals surface area contributed by atoms with Crippen molar-refractivity contribution in [2.75, 3.05) is 4.90 Å². The van der Waals surface area contributed by atoms with Crippen molar-refractivity contribution in [1.29, 1.82) is 0 Å². The number of carbonyl (C=O) groups is 1. The molecule has 1 aromatic heterocycles. The van der Waals surface area contributed by atoms with Gasteiger partial charge in [0.1, 0.15) is 5.76 Å².